The highest BCUT2D eigenvalue weighted by atomic mass is 127. The maximum Gasteiger partial charge on any atom is 0.284 e. The highest BCUT2D eigenvalue weighted by molar-refractivity contribution is 14.1. The fourth-order valence-electron chi connectivity index (χ4n) is 0.670. The van der Waals surface area contributed by atoms with Crippen molar-refractivity contribution in [2.45, 2.75) is 0 Å². The molecule has 0 spiro atoms. The quantitative estimate of drug-likeness (QED) is 0.455. The molecule has 1 N–H and O–H groups in total. The molecule has 0 saturated carbocycles. The van der Waals surface area contributed by atoms with E-state index in [1.54, 1.807) is 0 Å². The Balaban J connectivity index is 3.36. The van der Waals surface area contributed by atoms with Crippen molar-refractivity contribution in [1.29, 1.82) is 0 Å². The molecular weight excluding hydrogens is 388 g/mol. The molecule has 12 heavy (non-hydrogen) atoms. The Labute approximate surface area is 95.4 Å². The summed E-state index contributed by atoms with van der Waals surface area (Å²) in [7, 11) is 0. The zero-order valence-corrected chi connectivity index (χ0v) is 9.94. The molecule has 1 aromatic rings. The van der Waals surface area contributed by atoms with Gasteiger partial charge in [0.25, 0.3) is 5.69 Å². The minimum Gasteiger partial charge on any atom is -0.507 e. The van der Waals surface area contributed by atoms with E-state index in [1.807, 2.05) is 45.2 Å². The van der Waals surface area contributed by atoms with E-state index in [0.29, 0.717) is 7.14 Å². The molecule has 0 heterocycles. The Morgan fingerprint density at radius 2 is 1.92 bits per heavy atom. The lowest BCUT2D eigenvalue weighted by molar-refractivity contribution is -0.385. The Morgan fingerprint density at radius 1 is 1.33 bits per heavy atom. The molecule has 6 heteroatoms. The van der Waals surface area contributed by atoms with Crippen molar-refractivity contribution in [3.05, 3.63) is 29.4 Å². The van der Waals surface area contributed by atoms with Crippen LogP contribution in [-0.2, 0) is 0 Å². The average Bonchev–Trinajstić information content (AvgIpc) is 2.00. The van der Waals surface area contributed by atoms with Gasteiger partial charge in [0.1, 0.15) is 9.32 Å². The molecule has 1 rings (SSSR count). The van der Waals surface area contributed by atoms with Gasteiger partial charge in [-0.2, -0.15) is 0 Å². The van der Waals surface area contributed by atoms with Crippen LogP contribution in [0.3, 0.4) is 0 Å². The minimum atomic E-state index is -0.469. The van der Waals surface area contributed by atoms with E-state index < -0.39 is 4.92 Å². The first kappa shape index (κ1) is 9.96. The normalized spacial score (nSPS) is 9.83. The van der Waals surface area contributed by atoms with Crippen LogP contribution in [0.25, 0.3) is 0 Å². The molecule has 0 atom stereocenters. The number of nitro groups is 1. The van der Waals surface area contributed by atoms with E-state index in [4.69, 9.17) is 0 Å². The van der Waals surface area contributed by atoms with E-state index in [1.165, 1.54) is 12.1 Å². The van der Waals surface area contributed by atoms with E-state index in [9.17, 15) is 15.2 Å². The summed E-state index contributed by atoms with van der Waals surface area (Å²) in [6, 6.07) is 2.61. The molecule has 0 aromatic heterocycles. The molecule has 64 valence electrons. The van der Waals surface area contributed by atoms with E-state index in [0.717, 1.165) is 0 Å². The van der Waals surface area contributed by atoms with Crippen LogP contribution in [0, 0.1) is 17.3 Å². The number of phenolic OH excluding ortho intramolecular Hbond substituents is 1. The van der Waals surface area contributed by atoms with E-state index in [-0.39, 0.29) is 11.4 Å². The summed E-state index contributed by atoms with van der Waals surface area (Å²) in [4.78, 5) is 9.93. The molecule has 0 fully saturated rings. The van der Waals surface area contributed by atoms with E-state index >= 15 is 0 Å². The lowest BCUT2D eigenvalue weighted by Crippen LogP contribution is -1.93. The smallest absolute Gasteiger partial charge is 0.284 e. The third-order valence-corrected chi connectivity index (χ3v) is 4.45. The van der Waals surface area contributed by atoms with Gasteiger partial charge in [0.2, 0.25) is 0 Å². The summed E-state index contributed by atoms with van der Waals surface area (Å²) >= 11 is 3.70. The van der Waals surface area contributed by atoms with Gasteiger partial charge in [-0.05, 0) is 51.2 Å². The molecule has 0 aliphatic heterocycles. The monoisotopic (exact) mass is 391 g/mol. The lowest BCUT2D eigenvalue weighted by atomic mass is 10.3. The number of benzene rings is 1. The van der Waals surface area contributed by atoms with Crippen molar-refractivity contribution >= 4 is 50.9 Å². The molecule has 0 radical (unpaired) electrons. The van der Waals surface area contributed by atoms with Crippen LogP contribution in [0.5, 0.6) is 5.75 Å². The molecule has 0 unspecified atom stereocenters. The summed E-state index contributed by atoms with van der Waals surface area (Å²) in [5.74, 6) is 0.0746. The first-order valence-electron chi connectivity index (χ1n) is 2.85. The van der Waals surface area contributed by atoms with Crippen LogP contribution < -0.4 is 0 Å². The summed E-state index contributed by atoms with van der Waals surface area (Å²) in [6.07, 6.45) is 0. The van der Waals surface area contributed by atoms with Crippen molar-refractivity contribution in [3.8, 4) is 5.75 Å². The number of halogens is 2. The number of rotatable bonds is 1. The van der Waals surface area contributed by atoms with Crippen LogP contribution in [0.4, 0.5) is 5.69 Å². The molecule has 0 aliphatic carbocycles. The zero-order valence-electron chi connectivity index (χ0n) is 5.62. The first-order valence-corrected chi connectivity index (χ1v) is 5.01. The highest BCUT2D eigenvalue weighted by Crippen LogP contribution is 2.31. The van der Waals surface area contributed by atoms with Crippen LogP contribution in [-0.4, -0.2) is 10.0 Å². The zero-order chi connectivity index (χ0) is 9.30. The Kier molecular flexibility index (Phi) is 3.09. The van der Waals surface area contributed by atoms with Crippen LogP contribution in [0.15, 0.2) is 12.1 Å². The third kappa shape index (κ3) is 1.79. The van der Waals surface area contributed by atoms with Crippen molar-refractivity contribution < 1.29 is 10.0 Å². The van der Waals surface area contributed by atoms with E-state index in [2.05, 4.69) is 0 Å². The van der Waals surface area contributed by atoms with Crippen molar-refractivity contribution in [1.82, 2.24) is 0 Å². The standard InChI is InChI=1S/C6H3I2NO3/c7-5-3(9(11)12)1-2-4(10)6(5)8/h1-2,10H. The minimum absolute atomic E-state index is 0.0257. The third-order valence-electron chi connectivity index (χ3n) is 1.24. The lowest BCUT2D eigenvalue weighted by Gasteiger charge is -1.99. The maximum atomic E-state index is 10.4. The van der Waals surface area contributed by atoms with Gasteiger partial charge < -0.3 is 5.11 Å². The number of aromatic hydroxyl groups is 1. The second kappa shape index (κ2) is 3.73. The molecule has 0 amide bonds. The molecule has 0 saturated heterocycles. The number of nitro benzene ring substituents is 1. The van der Waals surface area contributed by atoms with Gasteiger partial charge >= 0.3 is 0 Å². The second-order valence-corrected chi connectivity index (χ2v) is 4.15. The van der Waals surface area contributed by atoms with Gasteiger partial charge in [0.15, 0.2) is 0 Å². The maximum absolute atomic E-state index is 10.4. The molecular formula is C6H3I2NO3. The fourth-order valence-corrected chi connectivity index (χ4v) is 1.78. The van der Waals surface area contributed by atoms with Crippen molar-refractivity contribution in [2.24, 2.45) is 0 Å². The summed E-state index contributed by atoms with van der Waals surface area (Å²) in [5, 5.41) is 19.6. The second-order valence-electron chi connectivity index (χ2n) is 1.99. The summed E-state index contributed by atoms with van der Waals surface area (Å²) < 4.78 is 0.987. The predicted molar refractivity (Wildman–Crippen MR) is 60.2 cm³/mol. The molecule has 4 nitrogen and oxygen atoms in total. The number of nitrogens with zero attached hydrogens (tertiary/aromatic N) is 1. The van der Waals surface area contributed by atoms with Gasteiger partial charge in [-0.25, -0.2) is 0 Å². The fraction of sp³-hybridized carbons (Fsp3) is 0. The van der Waals surface area contributed by atoms with Crippen molar-refractivity contribution in [2.75, 3.05) is 0 Å². The van der Waals surface area contributed by atoms with Gasteiger partial charge in [-0.15, -0.1) is 0 Å². The average molecular weight is 391 g/mol. The Bertz CT molecular complexity index is 340. The van der Waals surface area contributed by atoms with Crippen LogP contribution >= 0.6 is 45.2 Å². The van der Waals surface area contributed by atoms with Gasteiger partial charge in [0, 0.05) is 6.07 Å². The van der Waals surface area contributed by atoms with Gasteiger partial charge in [-0.3, -0.25) is 10.1 Å². The van der Waals surface area contributed by atoms with Gasteiger partial charge in [0.05, 0.1) is 8.49 Å². The van der Waals surface area contributed by atoms with Crippen LogP contribution in [0.1, 0.15) is 0 Å². The van der Waals surface area contributed by atoms with Gasteiger partial charge in [-0.1, -0.05) is 0 Å². The number of hydrogen-bond donors (Lipinski definition) is 1. The summed E-state index contributed by atoms with van der Waals surface area (Å²) in [5.41, 5.74) is 0.0257. The molecule has 1 aromatic carbocycles. The Hall–Kier alpha value is -0.120. The highest BCUT2D eigenvalue weighted by Gasteiger charge is 2.16. The largest absolute Gasteiger partial charge is 0.507 e. The number of phenols is 1. The SMILES string of the molecule is O=[N+]([O-])c1ccc(O)c(I)c1I. The molecule has 0 aliphatic rings. The van der Waals surface area contributed by atoms with Crippen LogP contribution in [0.2, 0.25) is 0 Å². The molecule has 0 bridgehead atoms. The first-order chi connectivity index (χ1) is 5.54. The topological polar surface area (TPSA) is 63.4 Å². The number of hydrogen-bond acceptors (Lipinski definition) is 3. The summed E-state index contributed by atoms with van der Waals surface area (Å²) in [6.45, 7) is 0. The van der Waals surface area contributed by atoms with Crippen molar-refractivity contribution in [3.63, 3.8) is 0 Å². The Morgan fingerprint density at radius 3 is 2.42 bits per heavy atom. The predicted octanol–water partition coefficient (Wildman–Crippen LogP) is 2.51.